The van der Waals surface area contributed by atoms with Crippen LogP contribution < -0.4 is 10.6 Å². The Hall–Kier alpha value is -1.69. The molecule has 1 aromatic carbocycles. The van der Waals surface area contributed by atoms with Crippen molar-refractivity contribution in [2.75, 3.05) is 11.9 Å². The van der Waals surface area contributed by atoms with Crippen LogP contribution in [0.15, 0.2) is 29.2 Å². The summed E-state index contributed by atoms with van der Waals surface area (Å²) in [7, 11) is 0. The second-order valence-corrected chi connectivity index (χ2v) is 6.74. The van der Waals surface area contributed by atoms with Gasteiger partial charge >= 0.3 is 12.0 Å². The van der Waals surface area contributed by atoms with Gasteiger partial charge < -0.3 is 15.7 Å². The number of thioether (sulfide) groups is 1. The molecular weight excluding hydrogens is 300 g/mol. The monoisotopic (exact) mass is 322 g/mol. The molecule has 0 aliphatic heterocycles. The van der Waals surface area contributed by atoms with E-state index in [1.54, 1.807) is 0 Å². The molecule has 0 saturated heterocycles. The van der Waals surface area contributed by atoms with E-state index >= 15 is 0 Å². The average Bonchev–Trinajstić information content (AvgIpc) is 2.98. The third-order valence-electron chi connectivity index (χ3n) is 3.58. The van der Waals surface area contributed by atoms with Crippen molar-refractivity contribution in [1.29, 1.82) is 0 Å². The third-order valence-corrected chi connectivity index (χ3v) is 5.00. The number of urea groups is 1. The Balaban J connectivity index is 1.83. The molecule has 2 amide bonds. The molecular formula is C16H22N2O3S. The fourth-order valence-corrected chi connectivity index (χ4v) is 3.80. The lowest BCUT2D eigenvalue weighted by molar-refractivity contribution is -0.137. The van der Waals surface area contributed by atoms with Gasteiger partial charge in [0.15, 0.2) is 0 Å². The van der Waals surface area contributed by atoms with Crippen molar-refractivity contribution in [3.8, 4) is 0 Å². The van der Waals surface area contributed by atoms with Gasteiger partial charge in [0.1, 0.15) is 0 Å². The van der Waals surface area contributed by atoms with Gasteiger partial charge in [-0.25, -0.2) is 4.79 Å². The summed E-state index contributed by atoms with van der Waals surface area (Å²) in [5.41, 5.74) is 0.815. The Bertz CT molecular complexity index is 516. The number of para-hydroxylation sites is 1. The van der Waals surface area contributed by atoms with Crippen LogP contribution in [0.4, 0.5) is 10.5 Å². The molecule has 3 N–H and O–H groups in total. The Kier molecular flexibility index (Phi) is 6.58. The zero-order chi connectivity index (χ0) is 15.8. The maximum Gasteiger partial charge on any atom is 0.319 e. The number of rotatable bonds is 7. The molecule has 1 aliphatic carbocycles. The van der Waals surface area contributed by atoms with Crippen molar-refractivity contribution in [3.05, 3.63) is 24.3 Å². The number of amides is 2. The van der Waals surface area contributed by atoms with Gasteiger partial charge in [0.25, 0.3) is 0 Å². The molecule has 1 aliphatic rings. The van der Waals surface area contributed by atoms with E-state index in [0.717, 1.165) is 10.6 Å². The van der Waals surface area contributed by atoms with Gasteiger partial charge in [0.05, 0.1) is 5.69 Å². The molecule has 120 valence electrons. The lowest BCUT2D eigenvalue weighted by atomic mass is 10.3. The van der Waals surface area contributed by atoms with Crippen LogP contribution in [0.5, 0.6) is 0 Å². The number of aliphatic carboxylic acids is 1. The van der Waals surface area contributed by atoms with Crippen molar-refractivity contribution < 1.29 is 14.7 Å². The number of nitrogens with one attached hydrogen (secondary N) is 2. The number of benzene rings is 1. The number of hydrogen-bond donors (Lipinski definition) is 3. The lowest BCUT2D eigenvalue weighted by Gasteiger charge is -2.14. The summed E-state index contributed by atoms with van der Waals surface area (Å²) in [6.07, 6.45) is 5.55. The van der Waals surface area contributed by atoms with Crippen LogP contribution in [-0.4, -0.2) is 28.9 Å². The molecule has 5 nitrogen and oxygen atoms in total. The molecule has 6 heteroatoms. The second-order valence-electron chi connectivity index (χ2n) is 5.40. The number of carboxylic acid groups (broad SMARTS) is 1. The maximum atomic E-state index is 11.9. The molecule has 0 atom stereocenters. The smallest absolute Gasteiger partial charge is 0.319 e. The highest BCUT2D eigenvalue weighted by Gasteiger charge is 2.18. The molecule has 1 fully saturated rings. The SMILES string of the molecule is O=C(O)CCCNC(=O)Nc1ccccc1SC1CCCC1. The first kappa shape index (κ1) is 16.7. The summed E-state index contributed by atoms with van der Waals surface area (Å²) in [6.45, 7) is 0.357. The van der Waals surface area contributed by atoms with Gasteiger partial charge in [-0.3, -0.25) is 4.79 Å². The van der Waals surface area contributed by atoms with Gasteiger partial charge in [-0.1, -0.05) is 25.0 Å². The Labute approximate surface area is 134 Å². The Morgan fingerprint density at radius 3 is 2.68 bits per heavy atom. The van der Waals surface area contributed by atoms with Crippen molar-refractivity contribution >= 4 is 29.4 Å². The number of hydrogen-bond acceptors (Lipinski definition) is 3. The van der Waals surface area contributed by atoms with E-state index in [9.17, 15) is 9.59 Å². The van der Waals surface area contributed by atoms with Gasteiger partial charge in [-0.15, -0.1) is 11.8 Å². The van der Waals surface area contributed by atoms with Crippen molar-refractivity contribution in [1.82, 2.24) is 5.32 Å². The lowest BCUT2D eigenvalue weighted by Crippen LogP contribution is -2.30. The van der Waals surface area contributed by atoms with Gasteiger partial charge in [-0.05, 0) is 31.4 Å². The first-order valence-electron chi connectivity index (χ1n) is 7.67. The first-order chi connectivity index (χ1) is 10.6. The van der Waals surface area contributed by atoms with Gasteiger partial charge in [-0.2, -0.15) is 0 Å². The van der Waals surface area contributed by atoms with Crippen LogP contribution in [0.1, 0.15) is 38.5 Å². The molecule has 0 unspecified atom stereocenters. The number of carboxylic acids is 1. The van der Waals surface area contributed by atoms with E-state index in [0.29, 0.717) is 18.2 Å². The topological polar surface area (TPSA) is 78.4 Å². The largest absolute Gasteiger partial charge is 0.481 e. The highest BCUT2D eigenvalue weighted by molar-refractivity contribution is 8.00. The Morgan fingerprint density at radius 1 is 1.23 bits per heavy atom. The molecule has 1 aromatic rings. The highest BCUT2D eigenvalue weighted by Crippen LogP contribution is 2.37. The standard InChI is InChI=1S/C16H22N2O3S/c19-15(20)10-5-11-17-16(21)18-13-8-3-4-9-14(13)22-12-6-1-2-7-12/h3-4,8-9,12H,1-2,5-7,10-11H2,(H,19,20)(H2,17,18,21). The van der Waals surface area contributed by atoms with E-state index in [2.05, 4.69) is 10.6 Å². The zero-order valence-corrected chi connectivity index (χ0v) is 13.3. The number of carbonyl (C=O) groups excluding carboxylic acids is 1. The predicted molar refractivity (Wildman–Crippen MR) is 88.4 cm³/mol. The molecule has 0 heterocycles. The summed E-state index contributed by atoms with van der Waals surface area (Å²) in [5.74, 6) is -0.847. The van der Waals surface area contributed by atoms with E-state index in [-0.39, 0.29) is 12.5 Å². The molecule has 0 radical (unpaired) electrons. The van der Waals surface area contributed by atoms with Crippen LogP contribution in [0, 0.1) is 0 Å². The number of anilines is 1. The summed E-state index contributed by atoms with van der Waals surface area (Å²) in [6, 6.07) is 7.52. The van der Waals surface area contributed by atoms with E-state index < -0.39 is 5.97 Å². The van der Waals surface area contributed by atoms with Crippen molar-refractivity contribution in [2.24, 2.45) is 0 Å². The average molecular weight is 322 g/mol. The third kappa shape index (κ3) is 5.60. The van der Waals surface area contributed by atoms with Gasteiger partial charge in [0, 0.05) is 23.1 Å². The molecule has 22 heavy (non-hydrogen) atoms. The fourth-order valence-electron chi connectivity index (χ4n) is 2.47. The second kappa shape index (κ2) is 8.68. The first-order valence-corrected chi connectivity index (χ1v) is 8.55. The van der Waals surface area contributed by atoms with Gasteiger partial charge in [0.2, 0.25) is 0 Å². The summed E-state index contributed by atoms with van der Waals surface area (Å²) >= 11 is 1.83. The van der Waals surface area contributed by atoms with Crippen molar-refractivity contribution in [3.63, 3.8) is 0 Å². The molecule has 0 spiro atoms. The maximum absolute atomic E-state index is 11.9. The molecule has 2 rings (SSSR count). The van der Waals surface area contributed by atoms with Crippen LogP contribution in [-0.2, 0) is 4.79 Å². The fraction of sp³-hybridized carbons (Fsp3) is 0.500. The Morgan fingerprint density at radius 2 is 1.95 bits per heavy atom. The number of carbonyl (C=O) groups is 2. The minimum absolute atomic E-state index is 0.0639. The molecule has 1 saturated carbocycles. The quantitative estimate of drug-likeness (QED) is 0.669. The van der Waals surface area contributed by atoms with Crippen LogP contribution in [0.25, 0.3) is 0 Å². The minimum Gasteiger partial charge on any atom is -0.481 e. The van der Waals surface area contributed by atoms with Crippen molar-refractivity contribution in [2.45, 2.75) is 48.7 Å². The van der Waals surface area contributed by atoms with E-state index in [1.807, 2.05) is 36.0 Å². The summed E-state index contributed by atoms with van der Waals surface area (Å²) in [4.78, 5) is 23.4. The zero-order valence-electron chi connectivity index (χ0n) is 12.5. The van der Waals surface area contributed by atoms with Crippen LogP contribution >= 0.6 is 11.8 Å². The molecule has 0 aromatic heterocycles. The highest BCUT2D eigenvalue weighted by atomic mass is 32.2. The predicted octanol–water partition coefficient (Wildman–Crippen LogP) is 3.71. The van der Waals surface area contributed by atoms with E-state index in [1.165, 1.54) is 25.7 Å². The summed E-state index contributed by atoms with van der Waals surface area (Å²) in [5, 5.41) is 14.7. The van der Waals surface area contributed by atoms with E-state index in [4.69, 9.17) is 5.11 Å². The van der Waals surface area contributed by atoms with Crippen LogP contribution in [0.2, 0.25) is 0 Å². The van der Waals surface area contributed by atoms with Crippen LogP contribution in [0.3, 0.4) is 0 Å². The minimum atomic E-state index is -0.847. The molecule has 0 bridgehead atoms. The normalized spacial score (nSPS) is 14.7. The summed E-state index contributed by atoms with van der Waals surface area (Å²) < 4.78 is 0.